The summed E-state index contributed by atoms with van der Waals surface area (Å²) in [6.45, 7) is 3.01. The number of oxime groups is 1. The van der Waals surface area contributed by atoms with Gasteiger partial charge in [0, 0.05) is 20.9 Å². The maximum absolute atomic E-state index is 10.7. The fraction of sp³-hybridized carbons (Fsp3) is 0.304. The van der Waals surface area contributed by atoms with Crippen LogP contribution in [0.25, 0.3) is 10.9 Å². The number of aliphatic imine (C=N–C) groups is 1. The molecule has 3 aromatic rings. The van der Waals surface area contributed by atoms with Crippen molar-refractivity contribution < 1.29 is 15.3 Å². The number of aromatic amines is 1. The highest BCUT2D eigenvalue weighted by Crippen LogP contribution is 2.36. The van der Waals surface area contributed by atoms with E-state index in [0.29, 0.717) is 29.5 Å². The molecule has 0 spiro atoms. The van der Waals surface area contributed by atoms with E-state index in [0.717, 1.165) is 33.0 Å². The van der Waals surface area contributed by atoms with Gasteiger partial charge in [-0.15, -0.1) is 0 Å². The van der Waals surface area contributed by atoms with Gasteiger partial charge in [0.25, 0.3) is 0 Å². The van der Waals surface area contributed by atoms with Crippen LogP contribution in [0.4, 0.5) is 5.69 Å². The van der Waals surface area contributed by atoms with Crippen molar-refractivity contribution in [3.05, 3.63) is 58.1 Å². The first kappa shape index (κ1) is 19.3. The van der Waals surface area contributed by atoms with E-state index < -0.39 is 0 Å². The third kappa shape index (κ3) is 3.63. The number of nitrogens with zero attached hydrogens (tertiary/aromatic N) is 2. The van der Waals surface area contributed by atoms with Gasteiger partial charge in [-0.1, -0.05) is 39.3 Å². The minimum atomic E-state index is 0.0841. The summed E-state index contributed by atoms with van der Waals surface area (Å²) in [4.78, 5) is 13.6. The SMILES string of the molecule is Oc1[nH]c2ccc(Br)cc2c1C1=Nc2ccccc2/C1=N\OCCC1CC[NH2+]CC1. The number of hydrogen-bond donors (Lipinski definition) is 3. The number of fused-ring (bicyclic) bond motifs is 2. The van der Waals surface area contributed by atoms with Gasteiger partial charge < -0.3 is 20.2 Å². The van der Waals surface area contributed by atoms with E-state index in [1.54, 1.807) is 0 Å². The van der Waals surface area contributed by atoms with Crippen molar-refractivity contribution in [2.75, 3.05) is 19.7 Å². The van der Waals surface area contributed by atoms with Crippen LogP contribution in [-0.2, 0) is 4.84 Å². The normalized spacial score (nSPS) is 18.0. The largest absolute Gasteiger partial charge is 0.494 e. The molecule has 0 aliphatic carbocycles. The highest BCUT2D eigenvalue weighted by Gasteiger charge is 2.29. The second kappa shape index (κ2) is 8.24. The van der Waals surface area contributed by atoms with Crippen LogP contribution in [0.15, 0.2) is 57.1 Å². The van der Waals surface area contributed by atoms with Gasteiger partial charge >= 0.3 is 0 Å². The molecule has 7 heteroatoms. The molecular formula is C23H24BrN4O2+. The Balaban J connectivity index is 1.46. The summed E-state index contributed by atoms with van der Waals surface area (Å²) in [6.07, 6.45) is 3.51. The summed E-state index contributed by atoms with van der Waals surface area (Å²) in [5.74, 6) is 0.801. The van der Waals surface area contributed by atoms with Gasteiger partial charge in [0.2, 0.25) is 0 Å². The lowest BCUT2D eigenvalue weighted by Gasteiger charge is -2.19. The summed E-state index contributed by atoms with van der Waals surface area (Å²) in [6, 6.07) is 13.7. The summed E-state index contributed by atoms with van der Waals surface area (Å²) < 4.78 is 0.936. The molecule has 3 heterocycles. The Labute approximate surface area is 183 Å². The number of piperidine rings is 1. The van der Waals surface area contributed by atoms with E-state index in [1.807, 2.05) is 42.5 Å². The Morgan fingerprint density at radius 1 is 1.20 bits per heavy atom. The molecule has 6 nitrogen and oxygen atoms in total. The lowest BCUT2D eigenvalue weighted by molar-refractivity contribution is -0.664. The van der Waals surface area contributed by atoms with Crippen LogP contribution in [0, 0.1) is 5.92 Å². The minimum Gasteiger partial charge on any atom is -0.494 e. The van der Waals surface area contributed by atoms with E-state index in [4.69, 9.17) is 9.83 Å². The molecule has 0 bridgehead atoms. The Kier molecular flexibility index (Phi) is 5.31. The Morgan fingerprint density at radius 3 is 2.90 bits per heavy atom. The molecule has 0 radical (unpaired) electrons. The first-order chi connectivity index (χ1) is 14.7. The summed E-state index contributed by atoms with van der Waals surface area (Å²) in [5, 5.41) is 18.4. The number of para-hydroxylation sites is 1. The summed E-state index contributed by atoms with van der Waals surface area (Å²) >= 11 is 3.52. The van der Waals surface area contributed by atoms with Crippen molar-refractivity contribution in [2.45, 2.75) is 19.3 Å². The number of benzene rings is 2. The van der Waals surface area contributed by atoms with Crippen LogP contribution in [0.1, 0.15) is 30.4 Å². The molecular weight excluding hydrogens is 444 g/mol. The van der Waals surface area contributed by atoms with Crippen LogP contribution in [-0.4, -0.2) is 41.2 Å². The van der Waals surface area contributed by atoms with Crippen molar-refractivity contribution in [3.63, 3.8) is 0 Å². The molecule has 2 aromatic carbocycles. The number of quaternary nitrogens is 1. The molecule has 5 rings (SSSR count). The molecule has 0 atom stereocenters. The van der Waals surface area contributed by atoms with Crippen LogP contribution in [0.3, 0.4) is 0 Å². The average molecular weight is 468 g/mol. The van der Waals surface area contributed by atoms with Crippen molar-refractivity contribution in [2.24, 2.45) is 16.1 Å². The zero-order chi connectivity index (χ0) is 20.5. The topological polar surface area (TPSA) is 86.6 Å². The van der Waals surface area contributed by atoms with E-state index in [1.165, 1.54) is 25.9 Å². The third-order valence-electron chi connectivity index (χ3n) is 5.92. The van der Waals surface area contributed by atoms with Gasteiger partial charge in [0.05, 0.1) is 24.3 Å². The molecule has 1 aromatic heterocycles. The number of H-pyrrole nitrogens is 1. The van der Waals surface area contributed by atoms with Crippen molar-refractivity contribution in [1.82, 2.24) is 4.98 Å². The maximum Gasteiger partial charge on any atom is 0.199 e. The second-order valence-corrected chi connectivity index (χ2v) is 8.80. The van der Waals surface area contributed by atoms with E-state index >= 15 is 0 Å². The fourth-order valence-corrected chi connectivity index (χ4v) is 4.70. The smallest absolute Gasteiger partial charge is 0.199 e. The van der Waals surface area contributed by atoms with Crippen LogP contribution in [0.2, 0.25) is 0 Å². The molecule has 1 saturated heterocycles. The predicted molar refractivity (Wildman–Crippen MR) is 122 cm³/mol. The Hall–Kier alpha value is -2.64. The second-order valence-electron chi connectivity index (χ2n) is 7.89. The minimum absolute atomic E-state index is 0.0841. The molecule has 4 N–H and O–H groups in total. The number of rotatable bonds is 5. The van der Waals surface area contributed by atoms with Gasteiger partial charge in [-0.25, -0.2) is 4.99 Å². The Bertz CT molecular complexity index is 1150. The van der Waals surface area contributed by atoms with Gasteiger partial charge in [-0.2, -0.15) is 0 Å². The molecule has 1 fully saturated rings. The number of halogens is 1. The number of nitrogens with two attached hydrogens (primary N) is 1. The molecule has 0 unspecified atom stereocenters. The average Bonchev–Trinajstić information content (AvgIpc) is 3.28. The van der Waals surface area contributed by atoms with Gasteiger partial charge in [0.15, 0.2) is 5.88 Å². The molecule has 0 amide bonds. The highest BCUT2D eigenvalue weighted by molar-refractivity contribution is 9.10. The predicted octanol–water partition coefficient (Wildman–Crippen LogP) is 3.85. The standard InChI is InChI=1S/C23H23BrN4O2/c24-15-5-6-19-17(13-15)20(23(29)27-19)22-21(16-3-1-2-4-18(16)26-22)28-30-12-9-14-7-10-25-11-8-14/h1-6,13-14,25,27,29H,7-12H2/p+1/b28-21+. The van der Waals surface area contributed by atoms with Crippen LogP contribution < -0.4 is 5.32 Å². The summed E-state index contributed by atoms with van der Waals surface area (Å²) in [7, 11) is 0. The van der Waals surface area contributed by atoms with Crippen molar-refractivity contribution >= 4 is 43.9 Å². The van der Waals surface area contributed by atoms with E-state index in [9.17, 15) is 5.11 Å². The monoisotopic (exact) mass is 467 g/mol. The van der Waals surface area contributed by atoms with Gasteiger partial charge in [-0.3, -0.25) is 0 Å². The molecule has 2 aliphatic heterocycles. The first-order valence-corrected chi connectivity index (χ1v) is 11.2. The van der Waals surface area contributed by atoms with Crippen molar-refractivity contribution in [1.29, 1.82) is 0 Å². The number of aromatic hydroxyl groups is 1. The lowest BCUT2D eigenvalue weighted by atomic mass is 9.95. The van der Waals surface area contributed by atoms with Gasteiger partial charge in [0.1, 0.15) is 18.0 Å². The van der Waals surface area contributed by atoms with E-state index in [2.05, 4.69) is 31.4 Å². The molecule has 30 heavy (non-hydrogen) atoms. The molecule has 154 valence electrons. The van der Waals surface area contributed by atoms with Crippen molar-refractivity contribution in [3.8, 4) is 5.88 Å². The maximum atomic E-state index is 10.7. The molecule has 2 aliphatic rings. The van der Waals surface area contributed by atoms with Crippen LogP contribution >= 0.6 is 15.9 Å². The number of hydrogen-bond acceptors (Lipinski definition) is 4. The highest BCUT2D eigenvalue weighted by atomic mass is 79.9. The number of aromatic nitrogens is 1. The third-order valence-corrected chi connectivity index (χ3v) is 6.42. The quantitative estimate of drug-likeness (QED) is 0.393. The van der Waals surface area contributed by atoms with Gasteiger partial charge in [-0.05, 0) is 49.4 Å². The molecule has 0 saturated carbocycles. The zero-order valence-corrected chi connectivity index (χ0v) is 18.2. The fourth-order valence-electron chi connectivity index (χ4n) is 4.34. The first-order valence-electron chi connectivity index (χ1n) is 10.4. The Morgan fingerprint density at radius 2 is 2.03 bits per heavy atom. The summed E-state index contributed by atoms with van der Waals surface area (Å²) in [5.41, 5.74) is 4.54. The lowest BCUT2D eigenvalue weighted by Crippen LogP contribution is -2.86. The zero-order valence-electron chi connectivity index (χ0n) is 16.6. The number of nitrogens with one attached hydrogen (secondary N) is 1. The van der Waals surface area contributed by atoms with E-state index in [-0.39, 0.29) is 5.88 Å². The van der Waals surface area contributed by atoms with Crippen LogP contribution in [0.5, 0.6) is 5.88 Å².